The van der Waals surface area contributed by atoms with Gasteiger partial charge in [0.15, 0.2) is 0 Å². The maximum absolute atomic E-state index is 12.1. The quantitative estimate of drug-likeness (QED) is 0.839. The second kappa shape index (κ2) is 7.33. The van der Waals surface area contributed by atoms with Crippen molar-refractivity contribution in [3.8, 4) is 5.75 Å². The van der Waals surface area contributed by atoms with Gasteiger partial charge in [-0.15, -0.1) is 0 Å². The van der Waals surface area contributed by atoms with Crippen LogP contribution in [-0.4, -0.2) is 41.6 Å². The van der Waals surface area contributed by atoms with Gasteiger partial charge in [-0.25, -0.2) is 0 Å². The van der Waals surface area contributed by atoms with E-state index in [0.717, 1.165) is 4.47 Å². The van der Waals surface area contributed by atoms with E-state index in [9.17, 15) is 9.59 Å². The molecule has 0 aliphatic carbocycles. The molecule has 2 atom stereocenters. The zero-order chi connectivity index (χ0) is 16.3. The summed E-state index contributed by atoms with van der Waals surface area (Å²) in [5.74, 6) is -0.803. The van der Waals surface area contributed by atoms with E-state index in [2.05, 4.69) is 15.9 Å². The minimum atomic E-state index is -0.843. The molecule has 0 spiro atoms. The number of carboxylic acid groups (broad SMARTS) is 1. The Balaban J connectivity index is 1.82. The number of amides is 1. The molecule has 0 unspecified atom stereocenters. The van der Waals surface area contributed by atoms with Gasteiger partial charge in [-0.2, -0.15) is 0 Å². The van der Waals surface area contributed by atoms with Crippen LogP contribution in [0.4, 0.5) is 0 Å². The average molecular weight is 391 g/mol. The fourth-order valence-electron chi connectivity index (χ4n) is 2.49. The summed E-state index contributed by atoms with van der Waals surface area (Å²) in [6, 6.07) is 5.16. The second-order valence-electron chi connectivity index (χ2n) is 5.39. The lowest BCUT2D eigenvalue weighted by Crippen LogP contribution is -2.30. The minimum absolute atomic E-state index is 0.0206. The van der Waals surface area contributed by atoms with E-state index in [1.165, 1.54) is 0 Å². The van der Waals surface area contributed by atoms with E-state index < -0.39 is 11.9 Å². The van der Waals surface area contributed by atoms with Crippen LogP contribution < -0.4 is 4.74 Å². The van der Waals surface area contributed by atoms with Crippen molar-refractivity contribution in [2.45, 2.75) is 13.3 Å². The largest absolute Gasteiger partial charge is 0.492 e. The molecule has 1 heterocycles. The van der Waals surface area contributed by atoms with Crippen LogP contribution in [0.5, 0.6) is 5.75 Å². The predicted molar refractivity (Wildman–Crippen MR) is 86.1 cm³/mol. The Morgan fingerprint density at radius 1 is 1.45 bits per heavy atom. The molecule has 5 nitrogen and oxygen atoms in total. The number of hydrogen-bond acceptors (Lipinski definition) is 3. The normalized spacial score (nSPS) is 21.0. The summed E-state index contributed by atoms with van der Waals surface area (Å²) in [5, 5.41) is 9.68. The Morgan fingerprint density at radius 2 is 2.18 bits per heavy atom. The van der Waals surface area contributed by atoms with Crippen molar-refractivity contribution in [3.05, 3.63) is 27.7 Å². The van der Waals surface area contributed by atoms with Crippen LogP contribution in [0, 0.1) is 11.8 Å². The number of nitrogens with zero attached hydrogens (tertiary/aromatic N) is 1. The first-order chi connectivity index (χ1) is 10.4. The summed E-state index contributed by atoms with van der Waals surface area (Å²) in [6.45, 7) is 2.86. The van der Waals surface area contributed by atoms with Crippen LogP contribution in [0.3, 0.4) is 0 Å². The van der Waals surface area contributed by atoms with Crippen LogP contribution >= 0.6 is 27.5 Å². The van der Waals surface area contributed by atoms with Crippen molar-refractivity contribution in [1.82, 2.24) is 4.90 Å². The number of aliphatic carboxylic acids is 1. The molecule has 1 aliphatic heterocycles. The van der Waals surface area contributed by atoms with Gasteiger partial charge in [-0.05, 0) is 40.0 Å². The fraction of sp³-hybridized carbons (Fsp3) is 0.467. The SMILES string of the molecule is C[C@@H]1CN(C(=O)CCOc2ccc(Cl)cc2Br)C[C@H]1C(=O)O. The topological polar surface area (TPSA) is 66.8 Å². The summed E-state index contributed by atoms with van der Waals surface area (Å²) in [7, 11) is 0. The number of likely N-dealkylation sites (tertiary alicyclic amines) is 1. The number of hydrogen-bond donors (Lipinski definition) is 1. The molecular weight excluding hydrogens is 374 g/mol. The molecule has 1 saturated heterocycles. The smallest absolute Gasteiger partial charge is 0.308 e. The number of rotatable bonds is 5. The van der Waals surface area contributed by atoms with Crippen LogP contribution in [-0.2, 0) is 9.59 Å². The molecule has 0 saturated carbocycles. The molecule has 1 aromatic carbocycles. The lowest BCUT2D eigenvalue weighted by Gasteiger charge is -2.16. The molecule has 2 rings (SSSR count). The van der Waals surface area contributed by atoms with Gasteiger partial charge < -0.3 is 14.7 Å². The summed E-state index contributed by atoms with van der Waals surface area (Å²) < 4.78 is 6.28. The number of halogens is 2. The second-order valence-corrected chi connectivity index (χ2v) is 6.68. The predicted octanol–water partition coefficient (Wildman–Crippen LogP) is 3.05. The Labute approximate surface area is 142 Å². The molecule has 1 aromatic rings. The number of benzene rings is 1. The molecular formula is C15H17BrClNO4. The Bertz CT molecular complexity index is 581. The van der Waals surface area contributed by atoms with E-state index in [4.69, 9.17) is 21.4 Å². The molecule has 0 bridgehead atoms. The fourth-order valence-corrected chi connectivity index (χ4v) is 3.29. The van der Waals surface area contributed by atoms with Gasteiger partial charge in [0.05, 0.1) is 23.4 Å². The standard InChI is InChI=1S/C15H17BrClNO4/c1-9-7-18(8-11(9)15(20)21)14(19)4-5-22-13-3-2-10(17)6-12(13)16/h2-3,6,9,11H,4-5,7-8H2,1H3,(H,20,21)/t9-,11-/m1/s1. The number of ether oxygens (including phenoxy) is 1. The van der Waals surface area contributed by atoms with Gasteiger partial charge in [-0.3, -0.25) is 9.59 Å². The monoisotopic (exact) mass is 389 g/mol. The summed E-state index contributed by atoms with van der Waals surface area (Å²) in [5.41, 5.74) is 0. The van der Waals surface area contributed by atoms with Crippen LogP contribution in [0.2, 0.25) is 5.02 Å². The highest BCUT2D eigenvalue weighted by atomic mass is 79.9. The molecule has 0 aromatic heterocycles. The zero-order valence-electron chi connectivity index (χ0n) is 12.1. The lowest BCUT2D eigenvalue weighted by atomic mass is 9.99. The van der Waals surface area contributed by atoms with Gasteiger partial charge in [0.25, 0.3) is 0 Å². The first-order valence-corrected chi connectivity index (χ1v) is 8.14. The zero-order valence-corrected chi connectivity index (χ0v) is 14.4. The third kappa shape index (κ3) is 4.14. The van der Waals surface area contributed by atoms with E-state index in [0.29, 0.717) is 17.3 Å². The van der Waals surface area contributed by atoms with Crippen LogP contribution in [0.15, 0.2) is 22.7 Å². The van der Waals surface area contributed by atoms with Crippen LogP contribution in [0.25, 0.3) is 0 Å². The first kappa shape index (κ1) is 17.1. The minimum Gasteiger partial charge on any atom is -0.492 e. The summed E-state index contributed by atoms with van der Waals surface area (Å²) in [4.78, 5) is 24.8. The Hall–Kier alpha value is -1.27. The van der Waals surface area contributed by atoms with Gasteiger partial charge in [0.2, 0.25) is 5.91 Å². The van der Waals surface area contributed by atoms with Crippen molar-refractivity contribution in [2.75, 3.05) is 19.7 Å². The number of carboxylic acids is 1. The highest BCUT2D eigenvalue weighted by Crippen LogP contribution is 2.28. The molecule has 1 fully saturated rings. The Kier molecular flexibility index (Phi) is 5.69. The van der Waals surface area contributed by atoms with Crippen molar-refractivity contribution >= 4 is 39.4 Å². The summed E-state index contributed by atoms with van der Waals surface area (Å²) >= 11 is 9.19. The van der Waals surface area contributed by atoms with Crippen molar-refractivity contribution in [2.24, 2.45) is 11.8 Å². The average Bonchev–Trinajstić information content (AvgIpc) is 2.83. The first-order valence-electron chi connectivity index (χ1n) is 6.97. The molecule has 1 N–H and O–H groups in total. The third-order valence-corrected chi connectivity index (χ3v) is 4.60. The highest BCUT2D eigenvalue weighted by molar-refractivity contribution is 9.10. The van der Waals surface area contributed by atoms with Gasteiger partial charge >= 0.3 is 5.97 Å². The van der Waals surface area contributed by atoms with Crippen molar-refractivity contribution in [1.29, 1.82) is 0 Å². The van der Waals surface area contributed by atoms with Crippen molar-refractivity contribution < 1.29 is 19.4 Å². The van der Waals surface area contributed by atoms with Crippen molar-refractivity contribution in [3.63, 3.8) is 0 Å². The maximum atomic E-state index is 12.1. The number of carbonyl (C=O) groups excluding carboxylic acids is 1. The molecule has 1 aliphatic rings. The molecule has 120 valence electrons. The third-order valence-electron chi connectivity index (χ3n) is 3.75. The Morgan fingerprint density at radius 3 is 2.77 bits per heavy atom. The molecule has 1 amide bonds. The van der Waals surface area contributed by atoms with E-state index in [-0.39, 0.29) is 31.4 Å². The highest BCUT2D eigenvalue weighted by Gasteiger charge is 2.36. The summed E-state index contributed by atoms with van der Waals surface area (Å²) in [6.07, 6.45) is 0.216. The van der Waals surface area contributed by atoms with Gasteiger partial charge in [0.1, 0.15) is 5.75 Å². The lowest BCUT2D eigenvalue weighted by molar-refractivity contribution is -0.142. The molecule has 7 heteroatoms. The van der Waals surface area contributed by atoms with E-state index in [1.807, 2.05) is 6.92 Å². The maximum Gasteiger partial charge on any atom is 0.308 e. The van der Waals surface area contributed by atoms with E-state index in [1.54, 1.807) is 23.1 Å². The van der Waals surface area contributed by atoms with Crippen LogP contribution in [0.1, 0.15) is 13.3 Å². The molecule has 0 radical (unpaired) electrons. The van der Waals surface area contributed by atoms with Gasteiger partial charge in [-0.1, -0.05) is 18.5 Å². The number of carbonyl (C=O) groups is 2. The van der Waals surface area contributed by atoms with E-state index >= 15 is 0 Å². The van der Waals surface area contributed by atoms with Gasteiger partial charge in [0, 0.05) is 18.1 Å². The molecule has 22 heavy (non-hydrogen) atoms.